The molecular weight excluding hydrogens is 300 g/mol. The molecule has 22 heavy (non-hydrogen) atoms. The van der Waals surface area contributed by atoms with Crippen molar-refractivity contribution in [2.45, 2.75) is 0 Å². The molecule has 5 heteroatoms. The molecule has 112 valence electrons. The molecule has 1 N–H and O–H groups in total. The maximum atomic E-state index is 6.03. The van der Waals surface area contributed by atoms with Gasteiger partial charge in [0.05, 0.1) is 19.7 Å². The van der Waals surface area contributed by atoms with Crippen molar-refractivity contribution in [2.75, 3.05) is 19.5 Å². The molecule has 1 heterocycles. The molecule has 0 radical (unpaired) electrons. The molecule has 4 nitrogen and oxygen atoms in total. The monoisotopic (exact) mass is 314 g/mol. The number of halogens is 1. The van der Waals surface area contributed by atoms with Crippen LogP contribution in [0.25, 0.3) is 10.9 Å². The van der Waals surface area contributed by atoms with Crippen molar-refractivity contribution >= 4 is 33.9 Å². The Hall–Kier alpha value is -2.46. The number of pyridine rings is 1. The molecule has 0 aliphatic rings. The highest BCUT2D eigenvalue weighted by Gasteiger charge is 2.10. The summed E-state index contributed by atoms with van der Waals surface area (Å²) in [4.78, 5) is 4.38. The first-order valence-corrected chi connectivity index (χ1v) is 7.12. The average molecular weight is 315 g/mol. The number of aromatic nitrogens is 1. The number of anilines is 2. The highest BCUT2D eigenvalue weighted by atomic mass is 35.5. The summed E-state index contributed by atoms with van der Waals surface area (Å²) in [5.41, 5.74) is 2.66. The van der Waals surface area contributed by atoms with Crippen LogP contribution in [0.2, 0.25) is 5.02 Å². The van der Waals surface area contributed by atoms with Crippen molar-refractivity contribution in [3.63, 3.8) is 0 Å². The van der Waals surface area contributed by atoms with Gasteiger partial charge in [-0.3, -0.25) is 4.98 Å². The van der Waals surface area contributed by atoms with Crippen molar-refractivity contribution in [1.82, 2.24) is 4.98 Å². The molecule has 0 spiro atoms. The van der Waals surface area contributed by atoms with E-state index in [-0.39, 0.29) is 0 Å². The zero-order chi connectivity index (χ0) is 15.5. The fourth-order valence-corrected chi connectivity index (χ4v) is 2.49. The van der Waals surface area contributed by atoms with E-state index in [0.29, 0.717) is 16.5 Å². The SMILES string of the molecule is COc1cc2nccc(Nc3cccc(Cl)c3)c2cc1OC. The zero-order valence-corrected chi connectivity index (χ0v) is 13.0. The second-order valence-corrected chi connectivity index (χ2v) is 5.15. The van der Waals surface area contributed by atoms with Gasteiger partial charge in [0.15, 0.2) is 11.5 Å². The van der Waals surface area contributed by atoms with Gasteiger partial charge >= 0.3 is 0 Å². The minimum absolute atomic E-state index is 0.655. The fourth-order valence-electron chi connectivity index (χ4n) is 2.30. The molecule has 1 aromatic heterocycles. The Kier molecular flexibility index (Phi) is 4.02. The number of nitrogens with one attached hydrogen (secondary N) is 1. The molecule has 0 atom stereocenters. The van der Waals surface area contributed by atoms with Crippen LogP contribution in [-0.2, 0) is 0 Å². The number of methoxy groups -OCH3 is 2. The molecule has 0 amide bonds. The Labute approximate surface area is 133 Å². The van der Waals surface area contributed by atoms with Crippen LogP contribution in [0.4, 0.5) is 11.4 Å². The van der Waals surface area contributed by atoms with Gasteiger partial charge in [0.25, 0.3) is 0 Å². The summed E-state index contributed by atoms with van der Waals surface area (Å²) in [5.74, 6) is 1.32. The van der Waals surface area contributed by atoms with Crippen LogP contribution in [0.1, 0.15) is 0 Å². The van der Waals surface area contributed by atoms with E-state index >= 15 is 0 Å². The molecule has 3 aromatic rings. The third kappa shape index (κ3) is 2.78. The molecule has 0 aliphatic heterocycles. The third-order valence-electron chi connectivity index (χ3n) is 3.35. The van der Waals surface area contributed by atoms with Crippen LogP contribution in [0.5, 0.6) is 11.5 Å². The lowest BCUT2D eigenvalue weighted by Crippen LogP contribution is -1.95. The molecule has 2 aromatic carbocycles. The largest absolute Gasteiger partial charge is 0.493 e. The second kappa shape index (κ2) is 6.12. The minimum Gasteiger partial charge on any atom is -0.493 e. The second-order valence-electron chi connectivity index (χ2n) is 4.72. The number of benzene rings is 2. The van der Waals surface area contributed by atoms with E-state index in [4.69, 9.17) is 21.1 Å². The van der Waals surface area contributed by atoms with E-state index in [2.05, 4.69) is 10.3 Å². The third-order valence-corrected chi connectivity index (χ3v) is 3.59. The summed E-state index contributed by atoms with van der Waals surface area (Å²) < 4.78 is 10.7. The van der Waals surface area contributed by atoms with Gasteiger partial charge in [-0.05, 0) is 30.3 Å². The lowest BCUT2D eigenvalue weighted by molar-refractivity contribution is 0.356. The van der Waals surface area contributed by atoms with Gasteiger partial charge in [-0.1, -0.05) is 17.7 Å². The van der Waals surface area contributed by atoms with Gasteiger partial charge in [0, 0.05) is 34.0 Å². The predicted molar refractivity (Wildman–Crippen MR) is 89.6 cm³/mol. The van der Waals surface area contributed by atoms with Crippen LogP contribution in [0.3, 0.4) is 0 Å². The highest BCUT2D eigenvalue weighted by Crippen LogP contribution is 2.35. The molecule has 3 rings (SSSR count). The average Bonchev–Trinajstić information content (AvgIpc) is 2.54. The van der Waals surface area contributed by atoms with Gasteiger partial charge in [-0.2, -0.15) is 0 Å². The summed E-state index contributed by atoms with van der Waals surface area (Å²) in [6, 6.07) is 13.2. The molecule has 0 saturated carbocycles. The van der Waals surface area contributed by atoms with Crippen LogP contribution < -0.4 is 14.8 Å². The van der Waals surface area contributed by atoms with Crippen LogP contribution >= 0.6 is 11.6 Å². The zero-order valence-electron chi connectivity index (χ0n) is 12.3. The van der Waals surface area contributed by atoms with E-state index in [1.165, 1.54) is 0 Å². The molecule has 0 unspecified atom stereocenters. The normalized spacial score (nSPS) is 10.5. The number of hydrogen-bond donors (Lipinski definition) is 1. The van der Waals surface area contributed by atoms with Crippen molar-refractivity contribution in [2.24, 2.45) is 0 Å². The maximum Gasteiger partial charge on any atom is 0.162 e. The van der Waals surface area contributed by atoms with Crippen LogP contribution in [0, 0.1) is 0 Å². The van der Waals surface area contributed by atoms with Gasteiger partial charge in [-0.25, -0.2) is 0 Å². The van der Waals surface area contributed by atoms with Crippen LogP contribution in [-0.4, -0.2) is 19.2 Å². The van der Waals surface area contributed by atoms with Crippen molar-refractivity contribution < 1.29 is 9.47 Å². The molecule has 0 saturated heterocycles. The summed E-state index contributed by atoms with van der Waals surface area (Å²) in [5, 5.41) is 4.98. The van der Waals surface area contributed by atoms with Crippen molar-refractivity contribution in [3.05, 3.63) is 53.7 Å². The van der Waals surface area contributed by atoms with Gasteiger partial charge in [-0.15, -0.1) is 0 Å². The predicted octanol–water partition coefficient (Wildman–Crippen LogP) is 4.65. The number of hydrogen-bond acceptors (Lipinski definition) is 4. The number of rotatable bonds is 4. The van der Waals surface area contributed by atoms with Gasteiger partial charge < -0.3 is 14.8 Å². The van der Waals surface area contributed by atoms with Gasteiger partial charge in [0.1, 0.15) is 0 Å². The molecular formula is C17H15ClN2O2. The lowest BCUT2D eigenvalue weighted by Gasteiger charge is -2.13. The Balaban J connectivity index is 2.09. The lowest BCUT2D eigenvalue weighted by atomic mass is 10.1. The van der Waals surface area contributed by atoms with Crippen molar-refractivity contribution in [1.29, 1.82) is 0 Å². The minimum atomic E-state index is 0.655. The quantitative estimate of drug-likeness (QED) is 0.761. The fraction of sp³-hybridized carbons (Fsp3) is 0.118. The number of nitrogens with zero attached hydrogens (tertiary/aromatic N) is 1. The first-order chi connectivity index (χ1) is 10.7. The first-order valence-electron chi connectivity index (χ1n) is 6.74. The summed E-state index contributed by atoms with van der Waals surface area (Å²) >= 11 is 6.03. The highest BCUT2D eigenvalue weighted by molar-refractivity contribution is 6.30. The number of ether oxygens (including phenoxy) is 2. The van der Waals surface area contributed by atoms with E-state index in [1.54, 1.807) is 20.4 Å². The molecule has 0 bridgehead atoms. The Morgan fingerprint density at radius 1 is 1.00 bits per heavy atom. The maximum absolute atomic E-state index is 6.03. The van der Waals surface area contributed by atoms with Crippen molar-refractivity contribution in [3.8, 4) is 11.5 Å². The van der Waals surface area contributed by atoms with E-state index in [9.17, 15) is 0 Å². The molecule has 0 fully saturated rings. The summed E-state index contributed by atoms with van der Waals surface area (Å²) in [6.45, 7) is 0. The Morgan fingerprint density at radius 2 is 1.77 bits per heavy atom. The summed E-state index contributed by atoms with van der Waals surface area (Å²) in [7, 11) is 3.22. The van der Waals surface area contributed by atoms with E-state index in [1.807, 2.05) is 42.5 Å². The first kappa shape index (κ1) is 14.5. The number of fused-ring (bicyclic) bond motifs is 1. The molecule has 0 aliphatic carbocycles. The van der Waals surface area contributed by atoms with E-state index < -0.39 is 0 Å². The summed E-state index contributed by atoms with van der Waals surface area (Å²) in [6.07, 6.45) is 1.75. The van der Waals surface area contributed by atoms with Gasteiger partial charge in [0.2, 0.25) is 0 Å². The topological polar surface area (TPSA) is 43.4 Å². The Morgan fingerprint density at radius 3 is 2.50 bits per heavy atom. The Bertz CT molecular complexity index is 821. The van der Waals surface area contributed by atoms with Crippen LogP contribution in [0.15, 0.2) is 48.7 Å². The van der Waals surface area contributed by atoms with E-state index in [0.717, 1.165) is 22.3 Å². The standard InChI is InChI=1S/C17H15ClN2O2/c1-21-16-9-13-14(20-12-5-3-4-11(18)8-12)6-7-19-15(13)10-17(16)22-2/h3-10H,1-2H3,(H,19,20). The smallest absolute Gasteiger partial charge is 0.162 e.